The second-order valence-corrected chi connectivity index (χ2v) is 6.56. The highest BCUT2D eigenvalue weighted by Gasteiger charge is 2.10. The van der Waals surface area contributed by atoms with Crippen LogP contribution in [-0.2, 0) is 6.54 Å². The third kappa shape index (κ3) is 4.09. The van der Waals surface area contributed by atoms with Gasteiger partial charge in [-0.05, 0) is 40.8 Å². The summed E-state index contributed by atoms with van der Waals surface area (Å²) >= 11 is 0. The van der Waals surface area contributed by atoms with Crippen molar-refractivity contribution in [1.29, 1.82) is 0 Å². The SMILES string of the molecule is CC(C)c1ccc(-c2cccc(C(=O)NCc3cccc[n+]3[O-])c2)cc1. The lowest BCUT2D eigenvalue weighted by Gasteiger charge is -2.09. The van der Waals surface area contributed by atoms with Gasteiger partial charge in [0.05, 0.1) is 0 Å². The molecule has 26 heavy (non-hydrogen) atoms. The quantitative estimate of drug-likeness (QED) is 0.560. The van der Waals surface area contributed by atoms with Gasteiger partial charge >= 0.3 is 0 Å². The van der Waals surface area contributed by atoms with Crippen molar-refractivity contribution >= 4 is 5.91 Å². The molecule has 0 atom stereocenters. The molecule has 0 aliphatic carbocycles. The standard InChI is InChI=1S/C22H22N2O2/c1-16(2)17-9-11-18(12-10-17)19-6-5-7-20(14-19)22(25)23-15-21-8-3-4-13-24(21)26/h3-14,16H,15H2,1-2H3,(H,23,25). The molecule has 0 unspecified atom stereocenters. The molecular formula is C22H22N2O2. The molecule has 4 nitrogen and oxygen atoms in total. The van der Waals surface area contributed by atoms with Gasteiger partial charge in [0, 0.05) is 17.7 Å². The lowest BCUT2D eigenvalue weighted by Crippen LogP contribution is -2.35. The fraction of sp³-hybridized carbons (Fsp3) is 0.182. The number of aromatic nitrogens is 1. The molecular weight excluding hydrogens is 324 g/mol. The van der Waals surface area contributed by atoms with E-state index >= 15 is 0 Å². The number of nitrogens with zero attached hydrogens (tertiary/aromatic N) is 1. The second kappa shape index (κ2) is 7.83. The van der Waals surface area contributed by atoms with Crippen molar-refractivity contribution in [2.24, 2.45) is 0 Å². The van der Waals surface area contributed by atoms with Crippen molar-refractivity contribution in [2.75, 3.05) is 0 Å². The molecule has 0 aliphatic rings. The first kappa shape index (κ1) is 17.7. The Morgan fingerprint density at radius 2 is 1.77 bits per heavy atom. The van der Waals surface area contributed by atoms with E-state index in [2.05, 4.69) is 43.4 Å². The van der Waals surface area contributed by atoms with Crippen LogP contribution in [0.2, 0.25) is 0 Å². The van der Waals surface area contributed by atoms with Gasteiger partial charge in [-0.3, -0.25) is 4.79 Å². The van der Waals surface area contributed by atoms with Crippen LogP contribution in [0, 0.1) is 5.21 Å². The van der Waals surface area contributed by atoms with E-state index in [0.717, 1.165) is 15.9 Å². The van der Waals surface area contributed by atoms with E-state index in [1.54, 1.807) is 24.3 Å². The van der Waals surface area contributed by atoms with Crippen molar-refractivity contribution in [1.82, 2.24) is 5.32 Å². The maximum Gasteiger partial charge on any atom is 0.251 e. The first-order chi connectivity index (χ1) is 12.5. The van der Waals surface area contributed by atoms with Gasteiger partial charge in [0.25, 0.3) is 5.91 Å². The predicted octanol–water partition coefficient (Wildman–Crippen LogP) is 4.04. The average molecular weight is 346 g/mol. The summed E-state index contributed by atoms with van der Waals surface area (Å²) in [5.41, 5.74) is 4.43. The highest BCUT2D eigenvalue weighted by molar-refractivity contribution is 5.95. The maximum atomic E-state index is 12.4. The van der Waals surface area contributed by atoms with E-state index in [-0.39, 0.29) is 12.5 Å². The first-order valence-electron chi connectivity index (χ1n) is 8.70. The van der Waals surface area contributed by atoms with Crippen LogP contribution in [0.15, 0.2) is 72.9 Å². The summed E-state index contributed by atoms with van der Waals surface area (Å²) in [5.74, 6) is 0.289. The predicted molar refractivity (Wildman–Crippen MR) is 103 cm³/mol. The van der Waals surface area contributed by atoms with Gasteiger partial charge in [0.15, 0.2) is 6.20 Å². The molecule has 0 bridgehead atoms. The number of carbonyl (C=O) groups is 1. The number of nitrogens with one attached hydrogen (secondary N) is 1. The van der Waals surface area contributed by atoms with E-state index in [1.165, 1.54) is 11.8 Å². The number of carbonyl (C=O) groups excluding carboxylic acids is 1. The minimum Gasteiger partial charge on any atom is -0.618 e. The zero-order valence-corrected chi connectivity index (χ0v) is 15.0. The van der Waals surface area contributed by atoms with Gasteiger partial charge in [-0.15, -0.1) is 0 Å². The fourth-order valence-electron chi connectivity index (χ4n) is 2.77. The van der Waals surface area contributed by atoms with Crippen molar-refractivity contribution in [3.05, 3.63) is 95.0 Å². The van der Waals surface area contributed by atoms with Crippen LogP contribution in [0.1, 0.15) is 41.4 Å². The molecule has 3 rings (SSSR count). The van der Waals surface area contributed by atoms with Gasteiger partial charge in [0.2, 0.25) is 5.69 Å². The van der Waals surface area contributed by atoms with E-state index in [4.69, 9.17) is 0 Å². The smallest absolute Gasteiger partial charge is 0.251 e. The number of hydrogen-bond acceptors (Lipinski definition) is 2. The molecule has 0 saturated heterocycles. The van der Waals surface area contributed by atoms with Crippen LogP contribution < -0.4 is 10.0 Å². The van der Waals surface area contributed by atoms with Crippen molar-refractivity contribution in [2.45, 2.75) is 26.3 Å². The van der Waals surface area contributed by atoms with Crippen molar-refractivity contribution in [3.63, 3.8) is 0 Å². The Balaban J connectivity index is 1.74. The minimum atomic E-state index is -0.200. The van der Waals surface area contributed by atoms with E-state index in [1.807, 2.05) is 18.2 Å². The third-order valence-corrected chi connectivity index (χ3v) is 4.37. The Hall–Kier alpha value is -3.14. The molecule has 0 aliphatic heterocycles. The Labute approximate surface area is 153 Å². The van der Waals surface area contributed by atoms with Gasteiger partial charge in [-0.1, -0.05) is 50.2 Å². The lowest BCUT2D eigenvalue weighted by atomic mass is 9.98. The zero-order valence-electron chi connectivity index (χ0n) is 15.0. The van der Waals surface area contributed by atoms with E-state index in [0.29, 0.717) is 17.2 Å². The fourth-order valence-corrected chi connectivity index (χ4v) is 2.77. The van der Waals surface area contributed by atoms with Gasteiger partial charge in [-0.2, -0.15) is 4.73 Å². The summed E-state index contributed by atoms with van der Waals surface area (Å²) in [5, 5.41) is 14.4. The third-order valence-electron chi connectivity index (χ3n) is 4.37. The summed E-state index contributed by atoms with van der Waals surface area (Å²) in [4.78, 5) is 12.4. The molecule has 3 aromatic rings. The lowest BCUT2D eigenvalue weighted by molar-refractivity contribution is -0.614. The molecule has 0 spiro atoms. The highest BCUT2D eigenvalue weighted by atomic mass is 16.5. The minimum absolute atomic E-state index is 0.191. The Kier molecular flexibility index (Phi) is 5.32. The van der Waals surface area contributed by atoms with Crippen LogP contribution in [-0.4, -0.2) is 5.91 Å². The summed E-state index contributed by atoms with van der Waals surface area (Å²) in [6, 6.07) is 21.0. The van der Waals surface area contributed by atoms with Gasteiger partial charge in [0.1, 0.15) is 6.54 Å². The molecule has 1 aromatic heterocycles. The van der Waals surface area contributed by atoms with Gasteiger partial charge in [-0.25, -0.2) is 0 Å². The van der Waals surface area contributed by atoms with E-state index in [9.17, 15) is 10.0 Å². The zero-order chi connectivity index (χ0) is 18.5. The van der Waals surface area contributed by atoms with Crippen LogP contribution in [0.25, 0.3) is 11.1 Å². The summed E-state index contributed by atoms with van der Waals surface area (Å²) in [6.45, 7) is 4.52. The average Bonchev–Trinajstić information content (AvgIpc) is 2.67. The maximum absolute atomic E-state index is 12.4. The van der Waals surface area contributed by atoms with Crippen molar-refractivity contribution < 1.29 is 9.52 Å². The number of amides is 1. The number of hydrogen-bond donors (Lipinski definition) is 1. The topological polar surface area (TPSA) is 56.0 Å². The van der Waals surface area contributed by atoms with Gasteiger partial charge < -0.3 is 10.5 Å². The molecule has 2 aromatic carbocycles. The summed E-state index contributed by atoms with van der Waals surface area (Å²) in [6.07, 6.45) is 1.42. The molecule has 0 fully saturated rings. The molecule has 1 heterocycles. The Bertz CT molecular complexity index is 902. The summed E-state index contributed by atoms with van der Waals surface area (Å²) in [7, 11) is 0. The van der Waals surface area contributed by atoms with Crippen LogP contribution in [0.3, 0.4) is 0 Å². The Morgan fingerprint density at radius 3 is 2.46 bits per heavy atom. The normalized spacial score (nSPS) is 10.7. The van der Waals surface area contributed by atoms with Crippen molar-refractivity contribution in [3.8, 4) is 11.1 Å². The molecule has 132 valence electrons. The first-order valence-corrected chi connectivity index (χ1v) is 8.70. The number of rotatable bonds is 5. The Morgan fingerprint density at radius 1 is 1.00 bits per heavy atom. The molecule has 4 heteroatoms. The second-order valence-electron chi connectivity index (χ2n) is 6.56. The summed E-state index contributed by atoms with van der Waals surface area (Å²) < 4.78 is 0.757. The molecule has 1 amide bonds. The van der Waals surface area contributed by atoms with Crippen LogP contribution in [0.4, 0.5) is 0 Å². The van der Waals surface area contributed by atoms with Crippen LogP contribution in [0.5, 0.6) is 0 Å². The van der Waals surface area contributed by atoms with E-state index < -0.39 is 0 Å². The number of benzene rings is 2. The monoisotopic (exact) mass is 346 g/mol. The molecule has 0 radical (unpaired) electrons. The molecule has 1 N–H and O–H groups in total. The largest absolute Gasteiger partial charge is 0.618 e. The number of pyridine rings is 1. The highest BCUT2D eigenvalue weighted by Crippen LogP contribution is 2.23. The molecule has 0 saturated carbocycles. The van der Waals surface area contributed by atoms with Crippen LogP contribution >= 0.6 is 0 Å².